The zero-order chi connectivity index (χ0) is 17.0. The second-order valence-electron chi connectivity index (χ2n) is 5.84. The van der Waals surface area contributed by atoms with Crippen molar-refractivity contribution < 1.29 is 5.11 Å². The van der Waals surface area contributed by atoms with Crippen molar-refractivity contribution >= 4 is 11.5 Å². The van der Waals surface area contributed by atoms with Crippen LogP contribution in [0.5, 0.6) is 0 Å². The summed E-state index contributed by atoms with van der Waals surface area (Å²) in [5, 5.41) is 12.1. The topological polar surface area (TPSA) is 87.1 Å². The van der Waals surface area contributed by atoms with Crippen molar-refractivity contribution in [2.24, 2.45) is 5.92 Å². The Bertz CT molecular complexity index is 761. The first-order valence-corrected chi connectivity index (χ1v) is 7.76. The lowest BCUT2D eigenvalue weighted by atomic mass is 10.1. The summed E-state index contributed by atoms with van der Waals surface area (Å²) in [4.78, 5) is 26.8. The van der Waals surface area contributed by atoms with Gasteiger partial charge in [-0.2, -0.15) is 0 Å². The normalized spacial score (nSPS) is 12.2. The zero-order valence-corrected chi connectivity index (χ0v) is 13.7. The van der Waals surface area contributed by atoms with Crippen LogP contribution in [0.25, 0.3) is 0 Å². The van der Waals surface area contributed by atoms with E-state index < -0.39 is 5.69 Å². The lowest BCUT2D eigenvalue weighted by Crippen LogP contribution is -2.37. The van der Waals surface area contributed by atoms with E-state index in [1.54, 1.807) is 6.92 Å². The standard InChI is InChI=1S/C17H23N3O3/c1-4-13-7-14(6-5-12(13)3)18-15-8-16(22)20(17(23)19-15)9-11(2)10-21/h5-8,11,18,21H,4,9-10H2,1-3H3,(H,19,23)/t11-/m0/s1. The van der Waals surface area contributed by atoms with Crippen LogP contribution in [-0.4, -0.2) is 21.3 Å². The van der Waals surface area contributed by atoms with Crippen LogP contribution >= 0.6 is 0 Å². The molecule has 6 heteroatoms. The largest absolute Gasteiger partial charge is 0.396 e. The highest BCUT2D eigenvalue weighted by Gasteiger charge is 2.09. The van der Waals surface area contributed by atoms with E-state index in [0.29, 0.717) is 5.82 Å². The summed E-state index contributed by atoms with van der Waals surface area (Å²) in [6.07, 6.45) is 0.915. The Labute approximate surface area is 134 Å². The van der Waals surface area contributed by atoms with Crippen LogP contribution in [0.4, 0.5) is 11.5 Å². The molecule has 0 aliphatic carbocycles. The Morgan fingerprint density at radius 3 is 2.65 bits per heavy atom. The minimum absolute atomic E-state index is 0.0744. The number of hydrogen-bond donors (Lipinski definition) is 3. The van der Waals surface area contributed by atoms with E-state index >= 15 is 0 Å². The molecule has 0 aliphatic rings. The monoisotopic (exact) mass is 317 g/mol. The molecule has 2 rings (SSSR count). The SMILES string of the molecule is CCc1cc(Nc2cc(=O)n(C[C@H](C)CO)c(=O)[nH]2)ccc1C. The van der Waals surface area contributed by atoms with Crippen LogP contribution < -0.4 is 16.6 Å². The molecule has 1 atom stereocenters. The zero-order valence-electron chi connectivity index (χ0n) is 13.7. The third kappa shape index (κ3) is 4.10. The fourth-order valence-corrected chi connectivity index (χ4v) is 2.42. The van der Waals surface area contributed by atoms with E-state index in [1.807, 2.05) is 25.1 Å². The number of nitrogens with one attached hydrogen (secondary N) is 2. The summed E-state index contributed by atoms with van der Waals surface area (Å²) in [5.41, 5.74) is 2.37. The highest BCUT2D eigenvalue weighted by molar-refractivity contribution is 5.57. The van der Waals surface area contributed by atoms with Crippen molar-refractivity contribution in [2.45, 2.75) is 33.7 Å². The van der Waals surface area contributed by atoms with Gasteiger partial charge in [0.1, 0.15) is 5.82 Å². The summed E-state index contributed by atoms with van der Waals surface area (Å²) >= 11 is 0. The number of H-pyrrole nitrogens is 1. The summed E-state index contributed by atoms with van der Waals surface area (Å²) in [6, 6.07) is 7.28. The van der Waals surface area contributed by atoms with Gasteiger partial charge in [0.05, 0.1) is 0 Å². The van der Waals surface area contributed by atoms with Gasteiger partial charge in [0.15, 0.2) is 0 Å². The molecule has 0 spiro atoms. The van der Waals surface area contributed by atoms with Gasteiger partial charge in [0.25, 0.3) is 5.56 Å². The third-order valence-electron chi connectivity index (χ3n) is 3.84. The maximum atomic E-state index is 12.1. The molecule has 1 heterocycles. The first kappa shape index (κ1) is 17.0. The molecule has 6 nitrogen and oxygen atoms in total. The minimum Gasteiger partial charge on any atom is -0.396 e. The van der Waals surface area contributed by atoms with E-state index in [4.69, 9.17) is 5.11 Å². The first-order chi connectivity index (χ1) is 10.9. The third-order valence-corrected chi connectivity index (χ3v) is 3.84. The van der Waals surface area contributed by atoms with Gasteiger partial charge in [-0.3, -0.25) is 14.3 Å². The number of aromatic amines is 1. The number of aliphatic hydroxyl groups excluding tert-OH is 1. The second kappa shape index (κ2) is 7.28. The Balaban J connectivity index is 2.28. The quantitative estimate of drug-likeness (QED) is 0.758. The maximum absolute atomic E-state index is 12.1. The van der Waals surface area contributed by atoms with Crippen molar-refractivity contribution in [3.05, 3.63) is 56.2 Å². The Morgan fingerprint density at radius 1 is 1.30 bits per heavy atom. The summed E-state index contributed by atoms with van der Waals surface area (Å²) in [5.74, 6) is 0.204. The number of rotatable bonds is 6. The molecule has 0 fully saturated rings. The lowest BCUT2D eigenvalue weighted by Gasteiger charge is -2.12. The van der Waals surface area contributed by atoms with E-state index in [2.05, 4.69) is 17.2 Å². The van der Waals surface area contributed by atoms with Crippen LogP contribution in [0.1, 0.15) is 25.0 Å². The van der Waals surface area contributed by atoms with Crippen molar-refractivity contribution in [2.75, 3.05) is 11.9 Å². The number of nitrogens with zero attached hydrogens (tertiary/aromatic N) is 1. The molecule has 0 saturated carbocycles. The molecule has 124 valence electrons. The Morgan fingerprint density at radius 2 is 2.04 bits per heavy atom. The minimum atomic E-state index is -0.483. The second-order valence-corrected chi connectivity index (χ2v) is 5.84. The first-order valence-electron chi connectivity index (χ1n) is 7.76. The molecular formula is C17H23N3O3. The van der Waals surface area contributed by atoms with Crippen molar-refractivity contribution in [3.63, 3.8) is 0 Å². The average Bonchev–Trinajstić information content (AvgIpc) is 2.52. The molecule has 0 saturated heterocycles. The van der Waals surface area contributed by atoms with Gasteiger partial charge >= 0.3 is 5.69 Å². The van der Waals surface area contributed by atoms with Crippen LogP contribution in [0.15, 0.2) is 33.9 Å². The van der Waals surface area contributed by atoms with Gasteiger partial charge in [-0.05, 0) is 42.5 Å². The number of anilines is 2. The molecule has 0 radical (unpaired) electrons. The van der Waals surface area contributed by atoms with E-state index in [0.717, 1.165) is 16.7 Å². The molecule has 0 bridgehead atoms. The van der Waals surface area contributed by atoms with Gasteiger partial charge in [-0.25, -0.2) is 4.79 Å². The Kier molecular flexibility index (Phi) is 5.39. The molecule has 2 aromatic rings. The molecule has 23 heavy (non-hydrogen) atoms. The van der Waals surface area contributed by atoms with Crippen LogP contribution in [-0.2, 0) is 13.0 Å². The number of aromatic nitrogens is 2. The predicted octanol–water partition coefficient (Wildman–Crippen LogP) is 1.78. The van der Waals surface area contributed by atoms with Crippen LogP contribution in [0.3, 0.4) is 0 Å². The van der Waals surface area contributed by atoms with E-state index in [1.165, 1.54) is 17.2 Å². The summed E-state index contributed by atoms with van der Waals surface area (Å²) < 4.78 is 1.10. The maximum Gasteiger partial charge on any atom is 0.329 e. The Hall–Kier alpha value is -2.34. The highest BCUT2D eigenvalue weighted by Crippen LogP contribution is 2.18. The highest BCUT2D eigenvalue weighted by atomic mass is 16.3. The van der Waals surface area contributed by atoms with Crippen LogP contribution in [0.2, 0.25) is 0 Å². The molecule has 1 aromatic heterocycles. The smallest absolute Gasteiger partial charge is 0.329 e. The predicted molar refractivity (Wildman–Crippen MR) is 91.4 cm³/mol. The number of aryl methyl sites for hydroxylation is 2. The van der Waals surface area contributed by atoms with Gasteiger partial charge in [0, 0.05) is 24.9 Å². The van der Waals surface area contributed by atoms with Crippen molar-refractivity contribution in [3.8, 4) is 0 Å². The van der Waals surface area contributed by atoms with Gasteiger partial charge in [0.2, 0.25) is 0 Å². The van der Waals surface area contributed by atoms with Crippen molar-refractivity contribution in [1.29, 1.82) is 0 Å². The van der Waals surface area contributed by atoms with Crippen molar-refractivity contribution in [1.82, 2.24) is 9.55 Å². The molecule has 0 amide bonds. The fraction of sp³-hybridized carbons (Fsp3) is 0.412. The van der Waals surface area contributed by atoms with Gasteiger partial charge in [-0.15, -0.1) is 0 Å². The van der Waals surface area contributed by atoms with Gasteiger partial charge in [-0.1, -0.05) is 19.9 Å². The van der Waals surface area contributed by atoms with E-state index in [9.17, 15) is 9.59 Å². The molecule has 3 N–H and O–H groups in total. The number of benzene rings is 1. The van der Waals surface area contributed by atoms with Crippen LogP contribution in [0, 0.1) is 12.8 Å². The van der Waals surface area contributed by atoms with Gasteiger partial charge < -0.3 is 10.4 Å². The molecule has 0 aliphatic heterocycles. The average molecular weight is 317 g/mol. The number of hydrogen-bond acceptors (Lipinski definition) is 4. The summed E-state index contributed by atoms with van der Waals surface area (Å²) in [7, 11) is 0. The lowest BCUT2D eigenvalue weighted by molar-refractivity contribution is 0.220. The number of aliphatic hydroxyl groups is 1. The fourth-order valence-electron chi connectivity index (χ4n) is 2.42. The molecule has 0 unspecified atom stereocenters. The van der Waals surface area contributed by atoms with E-state index in [-0.39, 0.29) is 24.6 Å². The summed E-state index contributed by atoms with van der Waals surface area (Å²) in [6.45, 7) is 6.02. The molecule has 1 aromatic carbocycles. The molecular weight excluding hydrogens is 294 g/mol.